The van der Waals surface area contributed by atoms with E-state index in [1.165, 1.54) is 18.5 Å². The summed E-state index contributed by atoms with van der Waals surface area (Å²) in [4.78, 5) is 4.24. The lowest BCUT2D eigenvalue weighted by Crippen LogP contribution is -2.04. The van der Waals surface area contributed by atoms with E-state index in [9.17, 15) is 8.78 Å². The zero-order valence-electron chi connectivity index (χ0n) is 14.0. The fourth-order valence-corrected chi connectivity index (χ4v) is 2.49. The highest BCUT2D eigenvalue weighted by molar-refractivity contribution is 5.80. The van der Waals surface area contributed by atoms with Crippen LogP contribution in [-0.2, 0) is 0 Å². The maximum absolute atomic E-state index is 12.4. The molecule has 0 spiro atoms. The third-order valence-corrected chi connectivity index (χ3v) is 3.68. The molecule has 0 aliphatic rings. The van der Waals surface area contributed by atoms with Crippen LogP contribution in [-0.4, -0.2) is 25.8 Å². The van der Waals surface area contributed by atoms with Gasteiger partial charge in [0.05, 0.1) is 19.9 Å². The molecule has 0 unspecified atom stereocenters. The topological polar surface area (TPSA) is 79.7 Å². The van der Waals surface area contributed by atoms with Gasteiger partial charge in [0.15, 0.2) is 12.2 Å². The van der Waals surface area contributed by atoms with Crippen molar-refractivity contribution in [1.82, 2.24) is 4.98 Å². The van der Waals surface area contributed by atoms with Crippen molar-refractivity contribution in [3.63, 3.8) is 0 Å². The maximum Gasteiger partial charge on any atom is 0.387 e. The Bertz CT molecular complexity index is 890. The molecule has 1 aromatic heterocycles. The van der Waals surface area contributed by atoms with Crippen LogP contribution in [0.4, 0.5) is 14.5 Å². The molecular weight excluding hydrogens is 346 g/mol. The number of ether oxygens (including phenoxy) is 3. The Morgan fingerprint density at radius 1 is 1.00 bits per heavy atom. The average molecular weight is 362 g/mol. The average Bonchev–Trinajstić information content (AvgIpc) is 3.12. The van der Waals surface area contributed by atoms with Crippen LogP contribution in [0.1, 0.15) is 0 Å². The van der Waals surface area contributed by atoms with Gasteiger partial charge in [0.25, 0.3) is 0 Å². The number of rotatable bonds is 6. The number of methoxy groups -OCH3 is 2. The number of hydrogen-bond acceptors (Lipinski definition) is 6. The molecule has 0 fully saturated rings. The third kappa shape index (κ3) is 3.53. The number of nitrogens with two attached hydrogens (primary N) is 1. The van der Waals surface area contributed by atoms with Gasteiger partial charge < -0.3 is 24.4 Å². The predicted octanol–water partition coefficient (Wildman–Crippen LogP) is 4.21. The molecule has 0 atom stereocenters. The molecule has 0 aliphatic heterocycles. The number of nitrogen functional groups attached to an aromatic ring is 1. The quantitative estimate of drug-likeness (QED) is 0.662. The molecule has 3 aromatic rings. The lowest BCUT2D eigenvalue weighted by molar-refractivity contribution is -0.0493. The standard InChI is InChI=1S/C18H16F2N2O4/c1-23-12-5-11(6-13(8-12)24-2)16-17(25-9-22-16)10-3-4-15(14(21)7-10)26-18(19)20/h3-9,18H,21H2,1-2H3. The van der Waals surface area contributed by atoms with Gasteiger partial charge in [-0.15, -0.1) is 0 Å². The first-order valence-electron chi connectivity index (χ1n) is 7.53. The number of oxazole rings is 1. The van der Waals surface area contributed by atoms with Crippen LogP contribution < -0.4 is 19.9 Å². The van der Waals surface area contributed by atoms with Crippen molar-refractivity contribution >= 4 is 5.69 Å². The molecule has 0 saturated heterocycles. The number of hydrogen-bond donors (Lipinski definition) is 1. The van der Waals surface area contributed by atoms with Crippen molar-refractivity contribution < 1.29 is 27.4 Å². The second-order valence-corrected chi connectivity index (χ2v) is 5.26. The number of benzene rings is 2. The van der Waals surface area contributed by atoms with E-state index in [1.54, 1.807) is 38.5 Å². The molecule has 0 radical (unpaired) electrons. The molecule has 0 amide bonds. The first-order valence-corrected chi connectivity index (χ1v) is 7.53. The highest BCUT2D eigenvalue weighted by Crippen LogP contribution is 2.37. The van der Waals surface area contributed by atoms with Crippen LogP contribution in [0.15, 0.2) is 47.2 Å². The molecule has 6 nitrogen and oxygen atoms in total. The number of nitrogens with zero attached hydrogens (tertiary/aromatic N) is 1. The number of alkyl halides is 2. The Hall–Kier alpha value is -3.29. The summed E-state index contributed by atoms with van der Waals surface area (Å²) in [6.45, 7) is -2.95. The summed E-state index contributed by atoms with van der Waals surface area (Å²) in [7, 11) is 3.09. The van der Waals surface area contributed by atoms with E-state index >= 15 is 0 Å². The summed E-state index contributed by atoms with van der Waals surface area (Å²) in [5.74, 6) is 1.51. The van der Waals surface area contributed by atoms with Gasteiger partial charge in [0.2, 0.25) is 0 Å². The Labute approximate surface area is 148 Å². The molecule has 0 aliphatic carbocycles. The summed E-state index contributed by atoms with van der Waals surface area (Å²) in [5, 5.41) is 0. The summed E-state index contributed by atoms with van der Waals surface area (Å²) in [6, 6.07) is 9.70. The minimum absolute atomic E-state index is 0.0633. The van der Waals surface area contributed by atoms with Gasteiger partial charge >= 0.3 is 6.61 Å². The van der Waals surface area contributed by atoms with E-state index in [0.29, 0.717) is 34.1 Å². The molecule has 26 heavy (non-hydrogen) atoms. The van der Waals surface area contributed by atoms with E-state index in [2.05, 4.69) is 9.72 Å². The molecule has 2 aromatic carbocycles. The summed E-state index contributed by atoms with van der Waals surface area (Å²) < 4.78 is 45.1. The van der Waals surface area contributed by atoms with Gasteiger partial charge in [-0.3, -0.25) is 0 Å². The fourth-order valence-electron chi connectivity index (χ4n) is 2.49. The second kappa shape index (κ2) is 7.30. The number of aromatic nitrogens is 1. The maximum atomic E-state index is 12.4. The SMILES string of the molecule is COc1cc(OC)cc(-c2ncoc2-c2ccc(OC(F)F)c(N)c2)c1. The third-order valence-electron chi connectivity index (χ3n) is 3.68. The van der Waals surface area contributed by atoms with Crippen molar-refractivity contribution in [3.05, 3.63) is 42.8 Å². The van der Waals surface area contributed by atoms with Crippen molar-refractivity contribution in [3.8, 4) is 39.8 Å². The molecule has 2 N–H and O–H groups in total. The number of halogens is 2. The van der Waals surface area contributed by atoms with E-state index in [4.69, 9.17) is 19.6 Å². The van der Waals surface area contributed by atoms with Crippen LogP contribution >= 0.6 is 0 Å². The van der Waals surface area contributed by atoms with E-state index in [0.717, 1.165) is 0 Å². The van der Waals surface area contributed by atoms with Crippen molar-refractivity contribution in [1.29, 1.82) is 0 Å². The van der Waals surface area contributed by atoms with Crippen LogP contribution in [0.2, 0.25) is 0 Å². The van der Waals surface area contributed by atoms with Crippen LogP contribution in [0.3, 0.4) is 0 Å². The second-order valence-electron chi connectivity index (χ2n) is 5.26. The molecule has 0 bridgehead atoms. The van der Waals surface area contributed by atoms with Crippen LogP contribution in [0.5, 0.6) is 17.2 Å². The molecule has 0 saturated carbocycles. The summed E-state index contributed by atoms with van der Waals surface area (Å²) in [5.41, 5.74) is 7.66. The van der Waals surface area contributed by atoms with Crippen molar-refractivity contribution in [2.75, 3.05) is 20.0 Å². The van der Waals surface area contributed by atoms with Gasteiger partial charge in [-0.25, -0.2) is 4.98 Å². The minimum Gasteiger partial charge on any atom is -0.497 e. The molecule has 1 heterocycles. The first kappa shape index (κ1) is 17.5. The molecule has 136 valence electrons. The monoisotopic (exact) mass is 362 g/mol. The summed E-state index contributed by atoms with van der Waals surface area (Å²) in [6.07, 6.45) is 1.29. The van der Waals surface area contributed by atoms with Gasteiger partial charge in [-0.05, 0) is 30.3 Å². The van der Waals surface area contributed by atoms with E-state index in [-0.39, 0.29) is 11.4 Å². The minimum atomic E-state index is -2.95. The predicted molar refractivity (Wildman–Crippen MR) is 91.5 cm³/mol. The van der Waals surface area contributed by atoms with E-state index < -0.39 is 6.61 Å². The highest BCUT2D eigenvalue weighted by Gasteiger charge is 2.17. The van der Waals surface area contributed by atoms with Gasteiger partial charge in [0.1, 0.15) is 22.9 Å². The van der Waals surface area contributed by atoms with Crippen LogP contribution in [0.25, 0.3) is 22.6 Å². The first-order chi connectivity index (χ1) is 12.5. The molecular formula is C18H16F2N2O4. The van der Waals surface area contributed by atoms with Gasteiger partial charge in [0, 0.05) is 17.2 Å². The smallest absolute Gasteiger partial charge is 0.387 e. The fraction of sp³-hybridized carbons (Fsp3) is 0.167. The normalized spacial score (nSPS) is 10.8. The largest absolute Gasteiger partial charge is 0.497 e. The zero-order valence-corrected chi connectivity index (χ0v) is 14.0. The van der Waals surface area contributed by atoms with Crippen molar-refractivity contribution in [2.45, 2.75) is 6.61 Å². The lowest BCUT2D eigenvalue weighted by atomic mass is 10.0. The number of anilines is 1. The molecule has 8 heteroatoms. The lowest BCUT2D eigenvalue weighted by Gasteiger charge is -2.10. The van der Waals surface area contributed by atoms with Gasteiger partial charge in [-0.2, -0.15) is 8.78 Å². The zero-order chi connectivity index (χ0) is 18.7. The van der Waals surface area contributed by atoms with E-state index in [1.807, 2.05) is 0 Å². The highest BCUT2D eigenvalue weighted by atomic mass is 19.3. The summed E-state index contributed by atoms with van der Waals surface area (Å²) >= 11 is 0. The Kier molecular flexibility index (Phi) is 4.92. The molecule has 3 rings (SSSR count). The van der Waals surface area contributed by atoms with Crippen molar-refractivity contribution in [2.24, 2.45) is 0 Å². The van der Waals surface area contributed by atoms with Gasteiger partial charge in [-0.1, -0.05) is 0 Å². The Balaban J connectivity index is 2.03. The Morgan fingerprint density at radius 2 is 1.69 bits per heavy atom. The van der Waals surface area contributed by atoms with Crippen LogP contribution in [0, 0.1) is 0 Å². The Morgan fingerprint density at radius 3 is 2.27 bits per heavy atom.